The molecule has 3 nitrogen and oxygen atoms in total. The van der Waals surface area contributed by atoms with Gasteiger partial charge in [0.05, 0.1) is 0 Å². The highest BCUT2D eigenvalue weighted by Crippen LogP contribution is 2.24. The number of nitrogens with zero attached hydrogens (tertiary/aromatic N) is 1. The Morgan fingerprint density at radius 3 is 2.65 bits per heavy atom. The molecule has 0 aliphatic rings. The van der Waals surface area contributed by atoms with Crippen LogP contribution in [0.15, 0.2) is 36.5 Å². The second kappa shape index (κ2) is 6.43. The number of hydrogen-bond acceptors (Lipinski definition) is 3. The predicted octanol–water partition coefficient (Wildman–Crippen LogP) is 3.65. The van der Waals surface area contributed by atoms with Gasteiger partial charge in [0.2, 0.25) is 11.7 Å². The van der Waals surface area contributed by atoms with E-state index in [2.05, 4.69) is 24.1 Å². The Kier molecular flexibility index (Phi) is 4.63. The van der Waals surface area contributed by atoms with Crippen molar-refractivity contribution in [2.24, 2.45) is 0 Å². The Bertz CT molecular complexity index is 571. The molecule has 1 aromatic heterocycles. The van der Waals surface area contributed by atoms with Crippen LogP contribution >= 0.6 is 0 Å². The van der Waals surface area contributed by atoms with E-state index in [-0.39, 0.29) is 11.6 Å². The van der Waals surface area contributed by atoms with Gasteiger partial charge in [-0.3, -0.25) is 0 Å². The highest BCUT2D eigenvalue weighted by molar-refractivity contribution is 5.30. The Morgan fingerprint density at radius 2 is 2.00 bits per heavy atom. The molecule has 0 atom stereocenters. The third-order valence-corrected chi connectivity index (χ3v) is 2.64. The fourth-order valence-electron chi connectivity index (χ4n) is 1.57. The zero-order valence-electron chi connectivity index (χ0n) is 11.4. The van der Waals surface area contributed by atoms with E-state index >= 15 is 0 Å². The highest BCUT2D eigenvalue weighted by Gasteiger charge is 2.10. The molecule has 2 aromatic rings. The van der Waals surface area contributed by atoms with E-state index in [1.807, 2.05) is 6.07 Å². The maximum absolute atomic E-state index is 13.4. The number of ether oxygens (including phenoxy) is 1. The summed E-state index contributed by atoms with van der Waals surface area (Å²) < 4.78 is 31.7. The molecular weight excluding hydrogens is 262 g/mol. The lowest BCUT2D eigenvalue weighted by atomic mass is 10.2. The molecule has 0 saturated carbocycles. The number of pyridine rings is 1. The number of rotatable bonds is 5. The molecule has 0 radical (unpaired) electrons. The largest absolute Gasteiger partial charge is 0.436 e. The van der Waals surface area contributed by atoms with Crippen LogP contribution in [0, 0.1) is 11.6 Å². The fourth-order valence-corrected chi connectivity index (χ4v) is 1.57. The molecule has 1 heterocycles. The minimum atomic E-state index is -1.01. The topological polar surface area (TPSA) is 34.1 Å². The maximum atomic E-state index is 13.4. The van der Waals surface area contributed by atoms with E-state index in [0.29, 0.717) is 12.6 Å². The maximum Gasteiger partial charge on any atom is 0.219 e. The van der Waals surface area contributed by atoms with Crippen molar-refractivity contribution < 1.29 is 13.5 Å². The molecule has 5 heteroatoms. The Balaban J connectivity index is 2.05. The van der Waals surface area contributed by atoms with Gasteiger partial charge < -0.3 is 10.1 Å². The first-order chi connectivity index (χ1) is 9.56. The van der Waals surface area contributed by atoms with E-state index in [1.54, 1.807) is 12.3 Å². The molecule has 0 saturated heterocycles. The normalized spacial score (nSPS) is 10.8. The summed E-state index contributed by atoms with van der Waals surface area (Å²) in [7, 11) is 0. The first kappa shape index (κ1) is 14.4. The molecule has 106 valence electrons. The first-order valence-electron chi connectivity index (χ1n) is 6.36. The van der Waals surface area contributed by atoms with Gasteiger partial charge in [0, 0.05) is 24.8 Å². The summed E-state index contributed by atoms with van der Waals surface area (Å²) in [4.78, 5) is 4.07. The number of aromatic nitrogens is 1. The van der Waals surface area contributed by atoms with E-state index < -0.39 is 11.6 Å². The number of benzene rings is 1. The standard InChI is InChI=1S/C15H16F2N2O/c1-10(2)18-8-11-6-7-14(19-9-11)20-13-5-3-4-12(16)15(13)17/h3-7,9-10,18H,8H2,1-2H3. The van der Waals surface area contributed by atoms with E-state index in [4.69, 9.17) is 4.74 Å². The second-order valence-corrected chi connectivity index (χ2v) is 4.69. The molecule has 0 aliphatic carbocycles. The SMILES string of the molecule is CC(C)NCc1ccc(Oc2cccc(F)c2F)nc1. The molecule has 1 aromatic carbocycles. The van der Waals surface area contributed by atoms with Gasteiger partial charge in [0.25, 0.3) is 0 Å². The lowest BCUT2D eigenvalue weighted by Gasteiger charge is -2.09. The number of nitrogens with one attached hydrogen (secondary N) is 1. The van der Waals surface area contributed by atoms with E-state index in [9.17, 15) is 8.78 Å². The van der Waals surface area contributed by atoms with Gasteiger partial charge >= 0.3 is 0 Å². The zero-order valence-corrected chi connectivity index (χ0v) is 11.4. The average Bonchev–Trinajstić information content (AvgIpc) is 2.43. The fraction of sp³-hybridized carbons (Fsp3) is 0.267. The summed E-state index contributed by atoms with van der Waals surface area (Å²) in [6.45, 7) is 4.80. The zero-order chi connectivity index (χ0) is 14.5. The van der Waals surface area contributed by atoms with Crippen molar-refractivity contribution in [1.29, 1.82) is 0 Å². The van der Waals surface area contributed by atoms with Crippen LogP contribution in [-0.2, 0) is 6.54 Å². The lowest BCUT2D eigenvalue weighted by molar-refractivity contribution is 0.405. The summed E-state index contributed by atoms with van der Waals surface area (Å²) in [6.07, 6.45) is 1.64. The van der Waals surface area contributed by atoms with Gasteiger partial charge in [-0.15, -0.1) is 0 Å². The Hall–Kier alpha value is -2.01. The molecule has 0 fully saturated rings. The van der Waals surface area contributed by atoms with Crippen molar-refractivity contribution in [2.75, 3.05) is 0 Å². The molecule has 2 rings (SSSR count). The predicted molar refractivity (Wildman–Crippen MR) is 72.6 cm³/mol. The van der Waals surface area contributed by atoms with Crippen LogP contribution in [0.2, 0.25) is 0 Å². The molecule has 0 bridgehead atoms. The van der Waals surface area contributed by atoms with Crippen molar-refractivity contribution in [2.45, 2.75) is 26.4 Å². The van der Waals surface area contributed by atoms with Crippen LogP contribution in [0.3, 0.4) is 0 Å². The average molecular weight is 278 g/mol. The van der Waals surface area contributed by atoms with Crippen molar-refractivity contribution >= 4 is 0 Å². The van der Waals surface area contributed by atoms with E-state index in [1.165, 1.54) is 12.1 Å². The van der Waals surface area contributed by atoms with Gasteiger partial charge in [-0.05, 0) is 17.7 Å². The van der Waals surface area contributed by atoms with Crippen molar-refractivity contribution in [1.82, 2.24) is 10.3 Å². The van der Waals surface area contributed by atoms with Gasteiger partial charge in [0.15, 0.2) is 11.6 Å². The third kappa shape index (κ3) is 3.74. The molecule has 0 spiro atoms. The minimum absolute atomic E-state index is 0.175. The Labute approximate surface area is 116 Å². The van der Waals surface area contributed by atoms with Crippen LogP contribution in [-0.4, -0.2) is 11.0 Å². The highest BCUT2D eigenvalue weighted by atomic mass is 19.2. The molecule has 0 amide bonds. The quantitative estimate of drug-likeness (QED) is 0.906. The van der Waals surface area contributed by atoms with Crippen LogP contribution in [0.5, 0.6) is 11.6 Å². The second-order valence-electron chi connectivity index (χ2n) is 4.69. The van der Waals surface area contributed by atoms with Crippen LogP contribution in [0.1, 0.15) is 19.4 Å². The first-order valence-corrected chi connectivity index (χ1v) is 6.36. The smallest absolute Gasteiger partial charge is 0.219 e. The molecule has 0 unspecified atom stereocenters. The van der Waals surface area contributed by atoms with Crippen molar-refractivity contribution in [3.63, 3.8) is 0 Å². The molecule has 1 N–H and O–H groups in total. The van der Waals surface area contributed by atoms with Crippen LogP contribution < -0.4 is 10.1 Å². The summed E-state index contributed by atoms with van der Waals surface area (Å²) in [6, 6.07) is 7.61. The van der Waals surface area contributed by atoms with Crippen molar-refractivity contribution in [3.05, 3.63) is 53.7 Å². The molecule has 20 heavy (non-hydrogen) atoms. The lowest BCUT2D eigenvalue weighted by Crippen LogP contribution is -2.21. The van der Waals surface area contributed by atoms with Gasteiger partial charge in [-0.1, -0.05) is 26.0 Å². The van der Waals surface area contributed by atoms with E-state index in [0.717, 1.165) is 11.6 Å². The summed E-state index contributed by atoms with van der Waals surface area (Å²) in [5, 5.41) is 3.26. The number of hydrogen-bond donors (Lipinski definition) is 1. The molecular formula is C15H16F2N2O. The van der Waals surface area contributed by atoms with Crippen molar-refractivity contribution in [3.8, 4) is 11.6 Å². The monoisotopic (exact) mass is 278 g/mol. The van der Waals surface area contributed by atoms with Gasteiger partial charge in [-0.2, -0.15) is 4.39 Å². The minimum Gasteiger partial charge on any atom is -0.436 e. The van der Waals surface area contributed by atoms with Gasteiger partial charge in [-0.25, -0.2) is 9.37 Å². The van der Waals surface area contributed by atoms with Gasteiger partial charge in [0.1, 0.15) is 0 Å². The number of halogens is 2. The van der Waals surface area contributed by atoms with Crippen LogP contribution in [0.25, 0.3) is 0 Å². The summed E-state index contributed by atoms with van der Waals surface area (Å²) in [5.74, 6) is -1.91. The third-order valence-electron chi connectivity index (χ3n) is 2.64. The molecule has 0 aliphatic heterocycles. The Morgan fingerprint density at radius 1 is 1.20 bits per heavy atom. The summed E-state index contributed by atoms with van der Waals surface area (Å²) in [5.41, 5.74) is 0.991. The van der Waals surface area contributed by atoms with Crippen LogP contribution in [0.4, 0.5) is 8.78 Å². The summed E-state index contributed by atoms with van der Waals surface area (Å²) >= 11 is 0.